The smallest absolute Gasteiger partial charge is 0.336 e. The molecule has 2 aromatic rings. The molecule has 2 aromatic carbocycles. The van der Waals surface area contributed by atoms with E-state index in [1.807, 2.05) is 12.1 Å². The highest BCUT2D eigenvalue weighted by Gasteiger charge is 2.37. The Hall–Kier alpha value is -2.87. The second kappa shape index (κ2) is 14.3. The maximum atomic E-state index is 13.3. The number of allylic oxidation sites excluding steroid dienone is 1. The van der Waals surface area contributed by atoms with Crippen LogP contribution in [-0.4, -0.2) is 42.4 Å². The number of unbranched alkanes of at least 4 members (excludes halogenated alkanes) is 3. The molecule has 0 spiro atoms. The quantitative estimate of drug-likeness (QED) is 0.260. The topological polar surface area (TPSA) is 102 Å². The number of nitrogens with zero attached hydrogens (tertiary/aromatic N) is 1. The van der Waals surface area contributed by atoms with Crippen molar-refractivity contribution in [2.24, 2.45) is 5.73 Å². The predicted molar refractivity (Wildman–Crippen MR) is 150 cm³/mol. The van der Waals surface area contributed by atoms with Crippen molar-refractivity contribution < 1.29 is 19.1 Å². The lowest BCUT2D eigenvalue weighted by Gasteiger charge is -2.34. The van der Waals surface area contributed by atoms with Gasteiger partial charge in [0.15, 0.2) is 0 Å². The number of halogens is 2. The summed E-state index contributed by atoms with van der Waals surface area (Å²) in [6.45, 7) is 5.29. The Labute approximate surface area is 234 Å². The Morgan fingerprint density at radius 1 is 1.05 bits per heavy atom. The highest BCUT2D eigenvalue weighted by molar-refractivity contribution is 6.42. The molecule has 1 aliphatic heterocycles. The van der Waals surface area contributed by atoms with Gasteiger partial charge in [-0.3, -0.25) is 9.59 Å². The number of ether oxygens (including phenoxy) is 1. The lowest BCUT2D eigenvalue weighted by atomic mass is 9.83. The summed E-state index contributed by atoms with van der Waals surface area (Å²) in [7, 11) is 0. The number of hydrogen-bond donors (Lipinski definition) is 2. The lowest BCUT2D eigenvalue weighted by Crippen LogP contribution is -2.38. The van der Waals surface area contributed by atoms with Crippen LogP contribution < -0.4 is 11.1 Å². The van der Waals surface area contributed by atoms with Crippen LogP contribution in [0, 0.1) is 0 Å². The molecule has 0 aromatic heterocycles. The number of carbonyl (C=O) groups excluding carboxylic acids is 3. The van der Waals surface area contributed by atoms with Crippen LogP contribution in [0.5, 0.6) is 0 Å². The van der Waals surface area contributed by atoms with Gasteiger partial charge >= 0.3 is 5.97 Å². The molecule has 0 fully saturated rings. The van der Waals surface area contributed by atoms with Crippen molar-refractivity contribution in [3.8, 4) is 0 Å². The Morgan fingerprint density at radius 3 is 2.42 bits per heavy atom. The van der Waals surface area contributed by atoms with E-state index in [1.165, 1.54) is 0 Å². The number of benzene rings is 2. The molecule has 0 bridgehead atoms. The third-order valence-corrected chi connectivity index (χ3v) is 7.38. The van der Waals surface area contributed by atoms with Gasteiger partial charge in [-0.1, -0.05) is 54.2 Å². The molecule has 3 rings (SSSR count). The van der Waals surface area contributed by atoms with E-state index < -0.39 is 11.9 Å². The molecule has 38 heavy (non-hydrogen) atoms. The van der Waals surface area contributed by atoms with Crippen molar-refractivity contribution in [1.82, 2.24) is 10.2 Å². The molecule has 7 nitrogen and oxygen atoms in total. The van der Waals surface area contributed by atoms with Crippen molar-refractivity contribution in [2.75, 3.05) is 19.7 Å². The van der Waals surface area contributed by atoms with Crippen LogP contribution in [0.25, 0.3) is 0 Å². The van der Waals surface area contributed by atoms with Crippen molar-refractivity contribution in [2.45, 2.75) is 58.4 Å². The molecule has 0 saturated heterocycles. The molecule has 1 atom stereocenters. The van der Waals surface area contributed by atoms with E-state index in [4.69, 9.17) is 33.7 Å². The van der Waals surface area contributed by atoms with Crippen LogP contribution in [0.1, 0.15) is 73.4 Å². The molecule has 1 aliphatic rings. The number of amides is 2. The second-order valence-electron chi connectivity index (χ2n) is 9.29. The van der Waals surface area contributed by atoms with Gasteiger partial charge in [0.25, 0.3) is 5.91 Å². The standard InChI is InChI=1S/C29H35Cl2N3O4/c1-3-38-29(37)27-19(2)34(26(35)17-23(27)22-12-13-24(30)25(31)16-22)18-20-8-10-21(11-9-20)28(36)33-15-7-5-4-6-14-32/h8-13,16,23H,3-7,14-15,17-18,32H2,1-2H3,(H,33,36). The van der Waals surface area contributed by atoms with E-state index in [2.05, 4.69) is 5.32 Å². The number of esters is 1. The molecule has 2 amide bonds. The van der Waals surface area contributed by atoms with Gasteiger partial charge in [-0.25, -0.2) is 4.79 Å². The van der Waals surface area contributed by atoms with Crippen LogP contribution in [0.15, 0.2) is 53.7 Å². The number of nitrogens with one attached hydrogen (secondary N) is 1. The van der Waals surface area contributed by atoms with E-state index >= 15 is 0 Å². The fraction of sp³-hybridized carbons (Fsp3) is 0.414. The highest BCUT2D eigenvalue weighted by Crippen LogP contribution is 2.39. The average Bonchev–Trinajstić information content (AvgIpc) is 2.90. The van der Waals surface area contributed by atoms with E-state index in [-0.39, 0.29) is 31.4 Å². The van der Waals surface area contributed by atoms with Gasteiger partial charge in [0.05, 0.1) is 28.8 Å². The number of nitrogens with two attached hydrogens (primary N) is 1. The minimum atomic E-state index is -0.492. The molecule has 1 unspecified atom stereocenters. The fourth-order valence-electron chi connectivity index (χ4n) is 4.56. The minimum absolute atomic E-state index is 0.0925. The Balaban J connectivity index is 1.75. The first kappa shape index (κ1) is 29.7. The summed E-state index contributed by atoms with van der Waals surface area (Å²) in [5.74, 6) is -1.21. The molecule has 0 radical (unpaired) electrons. The normalized spacial score (nSPS) is 15.6. The van der Waals surface area contributed by atoms with Crippen LogP contribution in [0.2, 0.25) is 10.0 Å². The van der Waals surface area contributed by atoms with Gasteiger partial charge in [0, 0.05) is 30.1 Å². The lowest BCUT2D eigenvalue weighted by molar-refractivity contribution is -0.140. The molecule has 204 valence electrons. The molecule has 9 heteroatoms. The van der Waals surface area contributed by atoms with E-state index in [0.29, 0.717) is 40.0 Å². The predicted octanol–water partition coefficient (Wildman–Crippen LogP) is 5.60. The first-order chi connectivity index (χ1) is 18.3. The summed E-state index contributed by atoms with van der Waals surface area (Å²) in [5, 5.41) is 3.69. The van der Waals surface area contributed by atoms with Gasteiger partial charge < -0.3 is 20.7 Å². The van der Waals surface area contributed by atoms with Crippen molar-refractivity contribution >= 4 is 41.0 Å². The molecule has 0 aliphatic carbocycles. The zero-order chi connectivity index (χ0) is 27.7. The van der Waals surface area contributed by atoms with Crippen molar-refractivity contribution in [3.05, 3.63) is 80.5 Å². The van der Waals surface area contributed by atoms with Crippen LogP contribution >= 0.6 is 23.2 Å². The van der Waals surface area contributed by atoms with Crippen LogP contribution in [0.4, 0.5) is 0 Å². The minimum Gasteiger partial charge on any atom is -0.463 e. The summed E-state index contributed by atoms with van der Waals surface area (Å²) in [4.78, 5) is 40.3. The Morgan fingerprint density at radius 2 is 1.76 bits per heavy atom. The highest BCUT2D eigenvalue weighted by atomic mass is 35.5. The van der Waals surface area contributed by atoms with Crippen LogP contribution in [0.3, 0.4) is 0 Å². The van der Waals surface area contributed by atoms with Gasteiger partial charge in [-0.2, -0.15) is 0 Å². The van der Waals surface area contributed by atoms with E-state index in [9.17, 15) is 14.4 Å². The summed E-state index contributed by atoms with van der Waals surface area (Å²) in [6, 6.07) is 12.3. The maximum absolute atomic E-state index is 13.3. The van der Waals surface area contributed by atoms with Gasteiger partial charge in [-0.15, -0.1) is 0 Å². The van der Waals surface area contributed by atoms with Crippen molar-refractivity contribution in [3.63, 3.8) is 0 Å². The zero-order valence-electron chi connectivity index (χ0n) is 21.9. The monoisotopic (exact) mass is 559 g/mol. The fourth-order valence-corrected chi connectivity index (χ4v) is 4.87. The second-order valence-corrected chi connectivity index (χ2v) is 10.1. The summed E-state index contributed by atoms with van der Waals surface area (Å²) in [6.07, 6.45) is 4.11. The molecular formula is C29H35Cl2N3O4. The van der Waals surface area contributed by atoms with Crippen molar-refractivity contribution in [1.29, 1.82) is 0 Å². The third kappa shape index (κ3) is 7.59. The molecule has 1 heterocycles. The maximum Gasteiger partial charge on any atom is 0.336 e. The molecular weight excluding hydrogens is 525 g/mol. The number of rotatable bonds is 12. The first-order valence-corrected chi connectivity index (χ1v) is 13.7. The summed E-state index contributed by atoms with van der Waals surface area (Å²) < 4.78 is 5.35. The summed E-state index contributed by atoms with van der Waals surface area (Å²) in [5.41, 5.74) is 8.58. The van der Waals surface area contributed by atoms with Gasteiger partial charge in [0.1, 0.15) is 0 Å². The summed E-state index contributed by atoms with van der Waals surface area (Å²) >= 11 is 12.3. The molecule has 3 N–H and O–H groups in total. The Kier molecular flexibility index (Phi) is 11.2. The SMILES string of the molecule is CCOC(=O)C1=C(C)N(Cc2ccc(C(=O)NCCCCCCN)cc2)C(=O)CC1c1ccc(Cl)c(Cl)c1. The number of hydrogen-bond acceptors (Lipinski definition) is 5. The third-order valence-electron chi connectivity index (χ3n) is 6.64. The molecule has 0 saturated carbocycles. The largest absolute Gasteiger partial charge is 0.463 e. The van der Waals surface area contributed by atoms with Gasteiger partial charge in [0.2, 0.25) is 5.91 Å². The first-order valence-electron chi connectivity index (χ1n) is 13.0. The van der Waals surface area contributed by atoms with E-state index in [1.54, 1.807) is 49.1 Å². The Bertz CT molecular complexity index is 1180. The van der Waals surface area contributed by atoms with Crippen LogP contribution in [-0.2, 0) is 20.9 Å². The average molecular weight is 561 g/mol. The van der Waals surface area contributed by atoms with E-state index in [0.717, 1.165) is 36.8 Å². The number of carbonyl (C=O) groups is 3. The van der Waals surface area contributed by atoms with Gasteiger partial charge in [-0.05, 0) is 68.6 Å². The zero-order valence-corrected chi connectivity index (χ0v) is 23.4.